The largest absolute Gasteiger partial charge is 0.490 e. The first-order chi connectivity index (χ1) is 15.8. The number of hydrogen-bond donors (Lipinski definition) is 2. The van der Waals surface area contributed by atoms with E-state index in [0.29, 0.717) is 42.5 Å². The zero-order valence-corrected chi connectivity index (χ0v) is 19.8. The van der Waals surface area contributed by atoms with Gasteiger partial charge in [-0.3, -0.25) is 14.4 Å². The lowest BCUT2D eigenvalue weighted by atomic mass is 9.94. The van der Waals surface area contributed by atoms with Crippen LogP contribution in [0, 0.1) is 5.92 Å². The summed E-state index contributed by atoms with van der Waals surface area (Å²) in [7, 11) is 1.78. The first-order valence-electron chi connectivity index (χ1n) is 12.1. The molecule has 0 unspecified atom stereocenters. The van der Waals surface area contributed by atoms with Gasteiger partial charge in [-0.2, -0.15) is 0 Å². The highest BCUT2D eigenvalue weighted by molar-refractivity contribution is 6.00. The first kappa shape index (κ1) is 23.5. The maximum atomic E-state index is 13.3. The van der Waals surface area contributed by atoms with Crippen LogP contribution in [0.4, 0.5) is 5.69 Å². The van der Waals surface area contributed by atoms with E-state index in [9.17, 15) is 14.4 Å². The van der Waals surface area contributed by atoms with Crippen molar-refractivity contribution in [3.05, 3.63) is 23.8 Å². The molecule has 3 amide bonds. The second-order valence-electron chi connectivity index (χ2n) is 9.78. The molecule has 0 aromatic heterocycles. The molecule has 4 rings (SSSR count). The van der Waals surface area contributed by atoms with E-state index < -0.39 is 0 Å². The number of likely N-dealkylation sites (N-methyl/N-ethyl adjacent to an activating group) is 1. The molecular weight excluding hydrogens is 422 g/mol. The first-order valence-corrected chi connectivity index (χ1v) is 12.1. The second kappa shape index (κ2) is 10.1. The molecule has 3 atom stereocenters. The molecule has 8 nitrogen and oxygen atoms in total. The van der Waals surface area contributed by atoms with Gasteiger partial charge in [0, 0.05) is 24.7 Å². The zero-order chi connectivity index (χ0) is 23.5. The van der Waals surface area contributed by atoms with Crippen LogP contribution >= 0.6 is 0 Å². The van der Waals surface area contributed by atoms with Crippen molar-refractivity contribution in [1.82, 2.24) is 10.2 Å². The number of carbonyl (C=O) groups excluding carboxylic acids is 3. The van der Waals surface area contributed by atoms with Gasteiger partial charge >= 0.3 is 0 Å². The van der Waals surface area contributed by atoms with Crippen LogP contribution < -0.4 is 15.4 Å². The lowest BCUT2D eigenvalue weighted by Gasteiger charge is -2.42. The molecule has 1 aliphatic carbocycles. The number of ether oxygens (including phenoxy) is 2. The third-order valence-electron chi connectivity index (χ3n) is 6.94. The van der Waals surface area contributed by atoms with Crippen molar-refractivity contribution in [2.45, 2.75) is 83.1 Å². The summed E-state index contributed by atoms with van der Waals surface area (Å²) in [4.78, 5) is 39.5. The van der Waals surface area contributed by atoms with Gasteiger partial charge in [0.1, 0.15) is 18.5 Å². The quantitative estimate of drug-likeness (QED) is 0.708. The van der Waals surface area contributed by atoms with Crippen molar-refractivity contribution in [2.24, 2.45) is 5.92 Å². The van der Waals surface area contributed by atoms with Gasteiger partial charge in [-0.15, -0.1) is 0 Å². The standard InChI is InChI=1S/C25H35N3O5/c1-15(2)24(30)27-17-8-11-21-19(12-17)25(31)28(3)20-10-9-18(33-22(20)14-32-21)13-23(29)26-16-6-4-5-7-16/h8,11-12,15-16,18,20,22H,4-7,9-10,13-14H2,1-3H3,(H,26,29)(H,27,30)/t18-,20+,22+/m0/s1. The van der Waals surface area contributed by atoms with Crippen molar-refractivity contribution in [2.75, 3.05) is 19.0 Å². The van der Waals surface area contributed by atoms with Gasteiger partial charge in [0.15, 0.2) is 0 Å². The molecule has 2 fully saturated rings. The van der Waals surface area contributed by atoms with Crippen LogP contribution in [0.15, 0.2) is 18.2 Å². The number of rotatable bonds is 5. The Morgan fingerprint density at radius 2 is 1.91 bits per heavy atom. The second-order valence-corrected chi connectivity index (χ2v) is 9.78. The monoisotopic (exact) mass is 457 g/mol. The molecule has 3 aliphatic rings. The fraction of sp³-hybridized carbons (Fsp3) is 0.640. The van der Waals surface area contributed by atoms with Gasteiger partial charge in [-0.25, -0.2) is 0 Å². The van der Waals surface area contributed by atoms with Gasteiger partial charge < -0.3 is 25.0 Å². The zero-order valence-electron chi connectivity index (χ0n) is 19.8. The predicted molar refractivity (Wildman–Crippen MR) is 124 cm³/mol. The SMILES string of the molecule is CC(C)C(=O)Nc1ccc2c(c1)C(=O)N(C)[C@@H]1CC[C@@H](CC(=O)NC3CCCC3)O[C@@H]1CO2. The highest BCUT2D eigenvalue weighted by Gasteiger charge is 2.39. The molecule has 1 aromatic carbocycles. The number of benzene rings is 1. The van der Waals surface area contributed by atoms with E-state index >= 15 is 0 Å². The number of nitrogens with one attached hydrogen (secondary N) is 2. The van der Waals surface area contributed by atoms with Crippen molar-refractivity contribution in [1.29, 1.82) is 0 Å². The minimum Gasteiger partial charge on any atom is -0.490 e. The molecule has 0 radical (unpaired) electrons. The normalized spacial score (nSPS) is 25.5. The van der Waals surface area contributed by atoms with E-state index in [0.717, 1.165) is 19.3 Å². The van der Waals surface area contributed by atoms with Crippen LogP contribution in [-0.2, 0) is 14.3 Å². The highest BCUT2D eigenvalue weighted by Crippen LogP contribution is 2.32. The van der Waals surface area contributed by atoms with Gasteiger partial charge in [0.2, 0.25) is 11.8 Å². The Morgan fingerprint density at radius 3 is 2.64 bits per heavy atom. The highest BCUT2D eigenvalue weighted by atomic mass is 16.5. The van der Waals surface area contributed by atoms with Crippen LogP contribution in [0.1, 0.15) is 69.2 Å². The van der Waals surface area contributed by atoms with Gasteiger partial charge in [0.05, 0.1) is 24.1 Å². The summed E-state index contributed by atoms with van der Waals surface area (Å²) in [6.45, 7) is 3.94. The van der Waals surface area contributed by atoms with E-state index in [4.69, 9.17) is 9.47 Å². The third-order valence-corrected chi connectivity index (χ3v) is 6.94. The molecule has 0 bridgehead atoms. The van der Waals surface area contributed by atoms with E-state index in [1.54, 1.807) is 30.1 Å². The Balaban J connectivity index is 1.42. The summed E-state index contributed by atoms with van der Waals surface area (Å²) < 4.78 is 12.3. The van der Waals surface area contributed by atoms with Crippen LogP contribution in [0.25, 0.3) is 0 Å². The fourth-order valence-electron chi connectivity index (χ4n) is 4.96. The van der Waals surface area contributed by atoms with E-state index in [-0.39, 0.29) is 41.9 Å². The molecule has 0 spiro atoms. The number of amides is 3. The predicted octanol–water partition coefficient (Wildman–Crippen LogP) is 3.11. The average molecular weight is 458 g/mol. The molecular formula is C25H35N3O5. The molecule has 1 saturated heterocycles. The van der Waals surface area contributed by atoms with Crippen LogP contribution in [0.3, 0.4) is 0 Å². The average Bonchev–Trinajstić information content (AvgIpc) is 3.29. The van der Waals surface area contributed by atoms with Gasteiger partial charge in [-0.05, 0) is 43.9 Å². The van der Waals surface area contributed by atoms with Crippen molar-refractivity contribution >= 4 is 23.4 Å². The minimum absolute atomic E-state index is 0.0443. The third kappa shape index (κ3) is 5.49. The topological polar surface area (TPSA) is 97.0 Å². The lowest BCUT2D eigenvalue weighted by molar-refractivity contribution is -0.134. The summed E-state index contributed by atoms with van der Waals surface area (Å²) in [6, 6.07) is 5.30. The summed E-state index contributed by atoms with van der Waals surface area (Å²) in [5.41, 5.74) is 0.999. The van der Waals surface area contributed by atoms with E-state index in [1.807, 2.05) is 13.8 Å². The van der Waals surface area contributed by atoms with Crippen LogP contribution in [-0.4, -0.2) is 60.6 Å². The molecule has 8 heteroatoms. The summed E-state index contributed by atoms with van der Waals surface area (Å²) in [5.74, 6) is 0.0861. The fourth-order valence-corrected chi connectivity index (χ4v) is 4.96. The van der Waals surface area contributed by atoms with Crippen molar-refractivity contribution < 1.29 is 23.9 Å². The van der Waals surface area contributed by atoms with Crippen molar-refractivity contribution in [3.8, 4) is 5.75 Å². The molecule has 2 N–H and O–H groups in total. The number of nitrogens with zero attached hydrogens (tertiary/aromatic N) is 1. The summed E-state index contributed by atoms with van der Waals surface area (Å²) in [5, 5.41) is 5.97. The smallest absolute Gasteiger partial charge is 0.257 e. The number of anilines is 1. The summed E-state index contributed by atoms with van der Waals surface area (Å²) >= 11 is 0. The molecule has 1 saturated carbocycles. The van der Waals surface area contributed by atoms with E-state index in [2.05, 4.69) is 10.6 Å². The molecule has 2 heterocycles. The number of carbonyl (C=O) groups is 3. The maximum absolute atomic E-state index is 13.3. The van der Waals surface area contributed by atoms with Gasteiger partial charge in [0.25, 0.3) is 5.91 Å². The maximum Gasteiger partial charge on any atom is 0.257 e. The molecule has 33 heavy (non-hydrogen) atoms. The Bertz CT molecular complexity index is 896. The Hall–Kier alpha value is -2.61. The lowest BCUT2D eigenvalue weighted by Crippen LogP contribution is -2.54. The Morgan fingerprint density at radius 1 is 1.15 bits per heavy atom. The Kier molecular flexibility index (Phi) is 7.22. The van der Waals surface area contributed by atoms with Crippen LogP contribution in [0.2, 0.25) is 0 Å². The van der Waals surface area contributed by atoms with Gasteiger partial charge in [-0.1, -0.05) is 26.7 Å². The summed E-state index contributed by atoms with van der Waals surface area (Å²) in [6.07, 6.45) is 5.81. The minimum atomic E-state index is -0.301. The molecule has 1 aromatic rings. The number of fused-ring (bicyclic) bond motifs is 2. The van der Waals surface area contributed by atoms with E-state index in [1.165, 1.54) is 12.8 Å². The Labute approximate surface area is 195 Å². The molecule has 2 aliphatic heterocycles. The molecule has 180 valence electrons. The van der Waals surface area contributed by atoms with Crippen molar-refractivity contribution in [3.63, 3.8) is 0 Å². The van der Waals surface area contributed by atoms with Crippen LogP contribution in [0.5, 0.6) is 5.75 Å². The number of hydrogen-bond acceptors (Lipinski definition) is 5.